The highest BCUT2D eigenvalue weighted by Gasteiger charge is 2.11. The number of nitrogens with zero attached hydrogens (tertiary/aromatic N) is 3. The largest absolute Gasteiger partial charge is 0.325 e. The van der Waals surface area contributed by atoms with E-state index < -0.39 is 4.92 Å². The molecule has 0 aliphatic heterocycles. The van der Waals surface area contributed by atoms with Gasteiger partial charge in [-0.25, -0.2) is 4.98 Å². The first-order chi connectivity index (χ1) is 11.0. The van der Waals surface area contributed by atoms with Gasteiger partial charge in [-0.15, -0.1) is 0 Å². The number of rotatable bonds is 4. The van der Waals surface area contributed by atoms with Crippen molar-refractivity contribution in [1.29, 1.82) is 0 Å². The van der Waals surface area contributed by atoms with Gasteiger partial charge in [0.05, 0.1) is 22.1 Å². The molecule has 0 bridgehead atoms. The van der Waals surface area contributed by atoms with E-state index >= 15 is 0 Å². The number of carbonyl (C=O) groups is 1. The average molecular weight is 331 g/mol. The topological polar surface area (TPSA) is 89.5 Å². The number of anilines is 1. The highest BCUT2D eigenvalue weighted by molar-refractivity contribution is 6.30. The third-order valence-corrected chi connectivity index (χ3v) is 3.37. The normalized spacial score (nSPS) is 10.7. The van der Waals surface area contributed by atoms with Crippen molar-refractivity contribution in [3.8, 4) is 0 Å². The van der Waals surface area contributed by atoms with Crippen molar-refractivity contribution in [2.45, 2.75) is 6.42 Å². The lowest BCUT2D eigenvalue weighted by Crippen LogP contribution is -2.14. The number of hydrogen-bond donors (Lipinski definition) is 1. The number of imidazole rings is 1. The summed E-state index contributed by atoms with van der Waals surface area (Å²) in [6.45, 7) is 0. The van der Waals surface area contributed by atoms with E-state index in [-0.39, 0.29) is 18.0 Å². The molecule has 0 unspecified atom stereocenters. The molecule has 0 aliphatic carbocycles. The Kier molecular flexibility index (Phi) is 3.94. The molecule has 0 fully saturated rings. The van der Waals surface area contributed by atoms with Crippen LogP contribution in [0.5, 0.6) is 0 Å². The fourth-order valence-corrected chi connectivity index (χ4v) is 2.34. The Morgan fingerprint density at radius 1 is 1.30 bits per heavy atom. The number of fused-ring (bicyclic) bond motifs is 1. The second-order valence-electron chi connectivity index (χ2n) is 4.88. The Hall–Kier alpha value is -2.93. The zero-order valence-corrected chi connectivity index (χ0v) is 12.5. The summed E-state index contributed by atoms with van der Waals surface area (Å²) in [5, 5.41) is 13.9. The molecular formula is C15H11ClN4O3. The lowest BCUT2D eigenvalue weighted by molar-refractivity contribution is -0.384. The molecule has 1 aromatic carbocycles. The van der Waals surface area contributed by atoms with Crippen LogP contribution in [0.4, 0.5) is 11.4 Å². The van der Waals surface area contributed by atoms with E-state index in [1.165, 1.54) is 18.2 Å². The van der Waals surface area contributed by atoms with Gasteiger partial charge in [0.1, 0.15) is 5.65 Å². The summed E-state index contributed by atoms with van der Waals surface area (Å²) in [5.41, 5.74) is 1.56. The van der Waals surface area contributed by atoms with E-state index in [0.29, 0.717) is 22.1 Å². The minimum absolute atomic E-state index is 0.0575. The quantitative estimate of drug-likeness (QED) is 0.588. The fourth-order valence-electron chi connectivity index (χ4n) is 2.17. The fraction of sp³-hybridized carbons (Fsp3) is 0.0667. The molecule has 3 rings (SSSR count). The van der Waals surface area contributed by atoms with Gasteiger partial charge in [0, 0.05) is 30.2 Å². The van der Waals surface area contributed by atoms with Crippen LogP contribution in [0.1, 0.15) is 5.69 Å². The number of non-ortho nitro benzene ring substituents is 1. The predicted octanol–water partition coefficient (Wildman–Crippen LogP) is 3.08. The molecular weight excluding hydrogens is 320 g/mol. The molecule has 116 valence electrons. The van der Waals surface area contributed by atoms with Crippen LogP contribution in [0.25, 0.3) is 5.65 Å². The predicted molar refractivity (Wildman–Crippen MR) is 85.6 cm³/mol. The highest BCUT2D eigenvalue weighted by Crippen LogP contribution is 2.17. The SMILES string of the molecule is O=C(Cc1cn2cc(Cl)ccc2n1)Nc1cccc([N+](=O)[O-])c1. The van der Waals surface area contributed by atoms with Crippen LogP contribution in [-0.2, 0) is 11.2 Å². The third-order valence-electron chi connectivity index (χ3n) is 3.15. The maximum absolute atomic E-state index is 12.1. The summed E-state index contributed by atoms with van der Waals surface area (Å²) >= 11 is 5.90. The van der Waals surface area contributed by atoms with Crippen molar-refractivity contribution in [3.63, 3.8) is 0 Å². The number of amides is 1. The zero-order chi connectivity index (χ0) is 16.4. The van der Waals surface area contributed by atoms with E-state index in [1.54, 1.807) is 35.0 Å². The summed E-state index contributed by atoms with van der Waals surface area (Å²) in [7, 11) is 0. The molecule has 23 heavy (non-hydrogen) atoms. The number of halogens is 1. The molecule has 0 radical (unpaired) electrons. The van der Waals surface area contributed by atoms with Gasteiger partial charge in [-0.1, -0.05) is 17.7 Å². The summed E-state index contributed by atoms with van der Waals surface area (Å²) < 4.78 is 1.73. The summed E-state index contributed by atoms with van der Waals surface area (Å²) in [6.07, 6.45) is 3.47. The van der Waals surface area contributed by atoms with Crippen molar-refractivity contribution in [2.24, 2.45) is 0 Å². The van der Waals surface area contributed by atoms with Crippen LogP contribution in [0.15, 0.2) is 48.8 Å². The minimum Gasteiger partial charge on any atom is -0.325 e. The Balaban J connectivity index is 1.73. The Morgan fingerprint density at radius 2 is 2.13 bits per heavy atom. The molecule has 0 aliphatic rings. The third kappa shape index (κ3) is 3.46. The van der Waals surface area contributed by atoms with Crippen LogP contribution in [0.3, 0.4) is 0 Å². The van der Waals surface area contributed by atoms with E-state index in [0.717, 1.165) is 0 Å². The van der Waals surface area contributed by atoms with E-state index in [4.69, 9.17) is 11.6 Å². The number of nitrogens with one attached hydrogen (secondary N) is 1. The monoisotopic (exact) mass is 330 g/mol. The lowest BCUT2D eigenvalue weighted by atomic mass is 10.2. The minimum atomic E-state index is -0.512. The average Bonchev–Trinajstić information content (AvgIpc) is 2.88. The van der Waals surface area contributed by atoms with Crippen LogP contribution in [-0.4, -0.2) is 20.2 Å². The van der Waals surface area contributed by atoms with Crippen molar-refractivity contribution < 1.29 is 9.72 Å². The maximum Gasteiger partial charge on any atom is 0.271 e. The van der Waals surface area contributed by atoms with Gasteiger partial charge in [-0.05, 0) is 18.2 Å². The number of benzene rings is 1. The van der Waals surface area contributed by atoms with Crippen molar-refractivity contribution >= 4 is 34.5 Å². The van der Waals surface area contributed by atoms with Crippen LogP contribution in [0.2, 0.25) is 5.02 Å². The molecule has 7 nitrogen and oxygen atoms in total. The molecule has 0 saturated heterocycles. The van der Waals surface area contributed by atoms with Crippen molar-refractivity contribution in [3.05, 3.63) is 69.6 Å². The Labute approximate surface area is 135 Å². The second kappa shape index (κ2) is 6.05. The van der Waals surface area contributed by atoms with Crippen LogP contribution < -0.4 is 5.32 Å². The molecule has 2 heterocycles. The first-order valence-corrected chi connectivity index (χ1v) is 7.06. The molecule has 1 amide bonds. The van der Waals surface area contributed by atoms with Crippen LogP contribution >= 0.6 is 11.6 Å². The number of nitro groups is 1. The molecule has 3 aromatic rings. The number of nitro benzene ring substituents is 1. The maximum atomic E-state index is 12.1. The van der Waals surface area contributed by atoms with E-state index in [2.05, 4.69) is 10.3 Å². The number of pyridine rings is 1. The van der Waals surface area contributed by atoms with Gasteiger partial charge in [0.2, 0.25) is 5.91 Å². The summed E-state index contributed by atoms with van der Waals surface area (Å²) in [4.78, 5) is 26.6. The van der Waals surface area contributed by atoms with E-state index in [1.807, 2.05) is 0 Å². The van der Waals surface area contributed by atoms with Gasteiger partial charge in [0.15, 0.2) is 0 Å². The Bertz CT molecular complexity index is 907. The molecule has 2 aromatic heterocycles. The molecule has 0 atom stereocenters. The number of carbonyl (C=O) groups excluding carboxylic acids is 1. The molecule has 0 saturated carbocycles. The standard InChI is InChI=1S/C15H11ClN4O3/c16-10-4-5-14-17-12(9-19(14)8-10)7-15(21)18-11-2-1-3-13(6-11)20(22)23/h1-6,8-9H,7H2,(H,18,21). The summed E-state index contributed by atoms with van der Waals surface area (Å²) in [5.74, 6) is -0.306. The molecule has 8 heteroatoms. The smallest absolute Gasteiger partial charge is 0.271 e. The Morgan fingerprint density at radius 3 is 2.91 bits per heavy atom. The van der Waals surface area contributed by atoms with Gasteiger partial charge >= 0.3 is 0 Å². The first-order valence-electron chi connectivity index (χ1n) is 6.69. The molecule has 1 N–H and O–H groups in total. The summed E-state index contributed by atoms with van der Waals surface area (Å²) in [6, 6.07) is 9.25. The highest BCUT2D eigenvalue weighted by atomic mass is 35.5. The van der Waals surface area contributed by atoms with E-state index in [9.17, 15) is 14.9 Å². The van der Waals surface area contributed by atoms with Crippen molar-refractivity contribution in [1.82, 2.24) is 9.38 Å². The first kappa shape index (κ1) is 15.0. The number of hydrogen-bond acceptors (Lipinski definition) is 4. The zero-order valence-electron chi connectivity index (χ0n) is 11.8. The van der Waals surface area contributed by atoms with Gasteiger partial charge < -0.3 is 9.72 Å². The molecule has 0 spiro atoms. The van der Waals surface area contributed by atoms with Gasteiger partial charge in [0.25, 0.3) is 5.69 Å². The lowest BCUT2D eigenvalue weighted by Gasteiger charge is -2.03. The number of aromatic nitrogens is 2. The van der Waals surface area contributed by atoms with Crippen molar-refractivity contribution in [2.75, 3.05) is 5.32 Å². The van der Waals surface area contributed by atoms with Gasteiger partial charge in [-0.2, -0.15) is 0 Å². The second-order valence-corrected chi connectivity index (χ2v) is 5.31. The van der Waals surface area contributed by atoms with Gasteiger partial charge in [-0.3, -0.25) is 14.9 Å². The van der Waals surface area contributed by atoms with Crippen LogP contribution in [0, 0.1) is 10.1 Å².